The Morgan fingerprint density at radius 3 is 2.79 bits per heavy atom. The summed E-state index contributed by atoms with van der Waals surface area (Å²) < 4.78 is 3.30. The molecule has 2 aromatic rings. The highest BCUT2D eigenvalue weighted by Gasteiger charge is 2.17. The van der Waals surface area contributed by atoms with Crippen LogP contribution in [0.15, 0.2) is 18.5 Å². The maximum atomic E-state index is 12.2. The topological polar surface area (TPSA) is 56.0 Å². The molecule has 0 radical (unpaired) electrons. The number of aryl methyl sites for hydroxylation is 2. The van der Waals surface area contributed by atoms with E-state index >= 15 is 0 Å². The molecule has 0 aliphatic heterocycles. The molecule has 2 aromatic heterocycles. The molecule has 2 heterocycles. The molecule has 0 aromatic carbocycles. The summed E-state index contributed by atoms with van der Waals surface area (Å²) in [5.74, 6) is -0.109. The van der Waals surface area contributed by atoms with Crippen LogP contribution in [0.5, 0.6) is 0 Å². The summed E-state index contributed by atoms with van der Waals surface area (Å²) in [7, 11) is 3.45. The van der Waals surface area contributed by atoms with Crippen LogP contribution in [0.4, 0.5) is 0 Å². The first-order valence-corrected chi connectivity index (χ1v) is 6.36. The fraction of sp³-hybridized carbons (Fsp3) is 0.417. The third-order valence-corrected chi connectivity index (χ3v) is 3.20. The van der Waals surface area contributed by atoms with Crippen LogP contribution in [0.3, 0.4) is 0 Å². The molecular weight excluding hydrogens is 266 g/mol. The Morgan fingerprint density at radius 1 is 1.53 bits per heavy atom. The molecule has 2 rings (SSSR count). The molecule has 19 heavy (non-hydrogen) atoms. The summed E-state index contributed by atoms with van der Waals surface area (Å²) in [6, 6.07) is 1.69. The average molecular weight is 282 g/mol. The van der Waals surface area contributed by atoms with E-state index < -0.39 is 0 Å². The Balaban J connectivity index is 2.12. The van der Waals surface area contributed by atoms with Gasteiger partial charge < -0.3 is 4.90 Å². The molecule has 0 spiro atoms. The summed E-state index contributed by atoms with van der Waals surface area (Å²) >= 11 is 6.09. The smallest absolute Gasteiger partial charge is 0.272 e. The quantitative estimate of drug-likeness (QED) is 0.855. The van der Waals surface area contributed by atoms with E-state index in [1.807, 2.05) is 6.92 Å². The number of amides is 1. The minimum absolute atomic E-state index is 0.109. The highest BCUT2D eigenvalue weighted by Crippen LogP contribution is 2.16. The van der Waals surface area contributed by atoms with Gasteiger partial charge in [-0.05, 0) is 13.0 Å². The van der Waals surface area contributed by atoms with Gasteiger partial charge in [0.2, 0.25) is 0 Å². The van der Waals surface area contributed by atoms with Crippen LogP contribution in [-0.4, -0.2) is 37.4 Å². The number of nitrogens with zero attached hydrogens (tertiary/aromatic N) is 5. The van der Waals surface area contributed by atoms with Crippen LogP contribution in [0, 0.1) is 0 Å². The van der Waals surface area contributed by atoms with E-state index in [9.17, 15) is 4.79 Å². The molecule has 0 saturated carbocycles. The first-order chi connectivity index (χ1) is 9.02. The Kier molecular flexibility index (Phi) is 3.90. The summed E-state index contributed by atoms with van der Waals surface area (Å²) in [6.07, 6.45) is 3.36. The van der Waals surface area contributed by atoms with Crippen LogP contribution in [0.25, 0.3) is 0 Å². The number of carbonyl (C=O) groups is 1. The number of halogens is 1. The zero-order valence-corrected chi connectivity index (χ0v) is 11.9. The normalized spacial score (nSPS) is 10.7. The molecule has 0 unspecified atom stereocenters. The molecule has 0 aliphatic rings. The Morgan fingerprint density at radius 2 is 2.26 bits per heavy atom. The van der Waals surface area contributed by atoms with E-state index in [0.29, 0.717) is 23.0 Å². The minimum Gasteiger partial charge on any atom is -0.334 e. The Hall–Kier alpha value is -1.82. The predicted octanol–water partition coefficient (Wildman–Crippen LogP) is 1.56. The first-order valence-electron chi connectivity index (χ1n) is 5.98. The molecule has 0 fully saturated rings. The first kappa shape index (κ1) is 13.6. The van der Waals surface area contributed by atoms with Gasteiger partial charge in [-0.15, -0.1) is 0 Å². The largest absolute Gasteiger partial charge is 0.334 e. The van der Waals surface area contributed by atoms with Crippen molar-refractivity contribution in [2.24, 2.45) is 7.05 Å². The number of hydrogen-bond acceptors (Lipinski definition) is 3. The number of aromatic nitrogens is 4. The second-order valence-electron chi connectivity index (χ2n) is 4.28. The highest BCUT2D eigenvalue weighted by atomic mass is 35.5. The Labute approximate surface area is 116 Å². The lowest BCUT2D eigenvalue weighted by Crippen LogP contribution is -2.28. The lowest BCUT2D eigenvalue weighted by atomic mass is 10.3. The van der Waals surface area contributed by atoms with Gasteiger partial charge in [0.05, 0.1) is 11.6 Å². The third kappa shape index (κ3) is 2.78. The van der Waals surface area contributed by atoms with E-state index in [-0.39, 0.29) is 5.91 Å². The van der Waals surface area contributed by atoms with E-state index in [2.05, 4.69) is 10.2 Å². The lowest BCUT2D eigenvalue weighted by Gasteiger charge is -2.15. The van der Waals surface area contributed by atoms with Crippen molar-refractivity contribution in [3.63, 3.8) is 0 Å². The molecule has 0 N–H and O–H groups in total. The van der Waals surface area contributed by atoms with Crippen molar-refractivity contribution in [1.82, 2.24) is 24.5 Å². The fourth-order valence-corrected chi connectivity index (χ4v) is 1.99. The van der Waals surface area contributed by atoms with E-state index in [4.69, 9.17) is 11.6 Å². The van der Waals surface area contributed by atoms with Gasteiger partial charge in [-0.1, -0.05) is 11.6 Å². The van der Waals surface area contributed by atoms with Gasteiger partial charge >= 0.3 is 0 Å². The van der Waals surface area contributed by atoms with Crippen molar-refractivity contribution >= 4 is 17.5 Å². The number of carbonyl (C=O) groups excluding carboxylic acids is 1. The van der Waals surface area contributed by atoms with Gasteiger partial charge in [-0.3, -0.25) is 14.2 Å². The molecule has 0 bridgehead atoms. The van der Waals surface area contributed by atoms with Crippen molar-refractivity contribution in [2.75, 3.05) is 7.05 Å². The maximum absolute atomic E-state index is 12.2. The zero-order valence-electron chi connectivity index (χ0n) is 11.2. The summed E-state index contributed by atoms with van der Waals surface area (Å²) in [5.41, 5.74) is 1.23. The monoisotopic (exact) mass is 281 g/mol. The number of hydrogen-bond donors (Lipinski definition) is 0. The van der Waals surface area contributed by atoms with Crippen LogP contribution >= 0.6 is 11.6 Å². The summed E-state index contributed by atoms with van der Waals surface area (Å²) in [5, 5.41) is 8.88. The van der Waals surface area contributed by atoms with Gasteiger partial charge in [0.1, 0.15) is 11.4 Å². The standard InChI is InChI=1S/C12H16ClN5O/c1-4-18-7-9(13)10(15-18)8-16(2)12(19)11-5-6-14-17(11)3/h5-7H,4,8H2,1-3H3. The molecular formula is C12H16ClN5O. The van der Waals surface area contributed by atoms with Gasteiger partial charge in [-0.2, -0.15) is 10.2 Å². The van der Waals surface area contributed by atoms with Gasteiger partial charge in [0.25, 0.3) is 5.91 Å². The molecule has 6 nitrogen and oxygen atoms in total. The van der Waals surface area contributed by atoms with E-state index in [1.54, 1.807) is 46.8 Å². The van der Waals surface area contributed by atoms with E-state index in [1.165, 1.54) is 0 Å². The molecule has 7 heteroatoms. The molecule has 0 saturated heterocycles. The summed E-state index contributed by atoms with van der Waals surface area (Å²) in [6.45, 7) is 3.10. The van der Waals surface area contributed by atoms with Gasteiger partial charge in [-0.25, -0.2) is 0 Å². The zero-order chi connectivity index (χ0) is 14.0. The second kappa shape index (κ2) is 5.44. The van der Waals surface area contributed by atoms with Gasteiger partial charge in [0.15, 0.2) is 0 Å². The van der Waals surface area contributed by atoms with Gasteiger partial charge in [0, 0.05) is 33.0 Å². The molecule has 0 aliphatic carbocycles. The summed E-state index contributed by atoms with van der Waals surface area (Å²) in [4.78, 5) is 13.8. The Bertz CT molecular complexity index is 589. The van der Waals surface area contributed by atoms with Crippen molar-refractivity contribution in [3.8, 4) is 0 Å². The van der Waals surface area contributed by atoms with Crippen molar-refractivity contribution in [1.29, 1.82) is 0 Å². The van der Waals surface area contributed by atoms with Crippen LogP contribution < -0.4 is 0 Å². The van der Waals surface area contributed by atoms with Crippen LogP contribution in [0.1, 0.15) is 23.1 Å². The van der Waals surface area contributed by atoms with Crippen molar-refractivity contribution < 1.29 is 4.79 Å². The van der Waals surface area contributed by atoms with Crippen LogP contribution in [0.2, 0.25) is 5.02 Å². The third-order valence-electron chi connectivity index (χ3n) is 2.88. The molecule has 102 valence electrons. The van der Waals surface area contributed by atoms with Crippen molar-refractivity contribution in [2.45, 2.75) is 20.0 Å². The number of rotatable bonds is 4. The maximum Gasteiger partial charge on any atom is 0.272 e. The fourth-order valence-electron chi connectivity index (χ4n) is 1.78. The second-order valence-corrected chi connectivity index (χ2v) is 4.69. The predicted molar refractivity (Wildman–Crippen MR) is 71.9 cm³/mol. The average Bonchev–Trinajstić information content (AvgIpc) is 2.95. The molecule has 0 atom stereocenters. The van der Waals surface area contributed by atoms with Crippen LogP contribution in [-0.2, 0) is 20.1 Å². The van der Waals surface area contributed by atoms with E-state index in [0.717, 1.165) is 6.54 Å². The van der Waals surface area contributed by atoms with Crippen molar-refractivity contribution in [3.05, 3.63) is 34.9 Å². The highest BCUT2D eigenvalue weighted by molar-refractivity contribution is 6.31. The lowest BCUT2D eigenvalue weighted by molar-refractivity contribution is 0.0772. The SMILES string of the molecule is CCn1cc(Cl)c(CN(C)C(=O)c2ccnn2C)n1. The minimum atomic E-state index is -0.109. The molecule has 1 amide bonds.